The Morgan fingerprint density at radius 3 is 2.68 bits per heavy atom. The van der Waals surface area contributed by atoms with Crippen LogP contribution in [0.1, 0.15) is 37.9 Å². The highest BCUT2D eigenvalue weighted by molar-refractivity contribution is 6.33. The van der Waals surface area contributed by atoms with Crippen molar-refractivity contribution in [1.82, 2.24) is 5.32 Å². The second-order valence-electron chi connectivity index (χ2n) is 6.60. The Morgan fingerprint density at radius 1 is 1.29 bits per heavy atom. The molecule has 8 heteroatoms. The molecule has 0 bridgehead atoms. The first-order chi connectivity index (χ1) is 13.5. The SMILES string of the molecule is N#C/C(=C\c1ccc(-c2ccc([N+](=O)[O-])cc2Cl)o1)C(=O)NC1CCCCC1. The summed E-state index contributed by atoms with van der Waals surface area (Å²) in [5.74, 6) is 0.289. The number of nitrogens with one attached hydrogen (secondary N) is 1. The molecule has 7 nitrogen and oxygen atoms in total. The third-order valence-electron chi connectivity index (χ3n) is 4.65. The maximum absolute atomic E-state index is 12.4. The van der Waals surface area contributed by atoms with Gasteiger partial charge in [-0.15, -0.1) is 0 Å². The minimum absolute atomic E-state index is 0.0405. The summed E-state index contributed by atoms with van der Waals surface area (Å²) in [5.41, 5.74) is 0.324. The van der Waals surface area contributed by atoms with E-state index in [-0.39, 0.29) is 22.3 Å². The normalized spacial score (nSPS) is 15.1. The van der Waals surface area contributed by atoms with Crippen molar-refractivity contribution in [2.45, 2.75) is 38.1 Å². The highest BCUT2D eigenvalue weighted by atomic mass is 35.5. The van der Waals surface area contributed by atoms with E-state index in [1.165, 1.54) is 30.7 Å². The Kier molecular flexibility index (Phi) is 6.12. The molecule has 1 aliphatic carbocycles. The smallest absolute Gasteiger partial charge is 0.270 e. The highest BCUT2D eigenvalue weighted by Crippen LogP contribution is 2.32. The first kappa shape index (κ1) is 19.6. The molecule has 1 amide bonds. The molecule has 1 aromatic heterocycles. The van der Waals surface area contributed by atoms with Gasteiger partial charge in [-0.2, -0.15) is 5.26 Å². The molecule has 0 unspecified atom stereocenters. The third-order valence-corrected chi connectivity index (χ3v) is 4.96. The molecule has 28 heavy (non-hydrogen) atoms. The fourth-order valence-corrected chi connectivity index (χ4v) is 3.46. The second kappa shape index (κ2) is 8.72. The van der Waals surface area contributed by atoms with Crippen molar-refractivity contribution in [2.75, 3.05) is 0 Å². The predicted molar refractivity (Wildman–Crippen MR) is 104 cm³/mol. The molecule has 0 radical (unpaired) electrons. The van der Waals surface area contributed by atoms with Gasteiger partial charge >= 0.3 is 0 Å². The molecular formula is C20H18ClN3O4. The van der Waals surface area contributed by atoms with Crippen LogP contribution in [0.3, 0.4) is 0 Å². The van der Waals surface area contributed by atoms with E-state index in [0.29, 0.717) is 17.1 Å². The lowest BCUT2D eigenvalue weighted by molar-refractivity contribution is -0.384. The van der Waals surface area contributed by atoms with Crippen LogP contribution in [0.4, 0.5) is 5.69 Å². The average Bonchev–Trinajstić information content (AvgIpc) is 3.15. The van der Waals surface area contributed by atoms with Gasteiger partial charge in [-0.3, -0.25) is 14.9 Å². The maximum Gasteiger partial charge on any atom is 0.270 e. The van der Waals surface area contributed by atoms with E-state index in [4.69, 9.17) is 16.0 Å². The Bertz CT molecular complexity index is 968. The van der Waals surface area contributed by atoms with E-state index < -0.39 is 10.8 Å². The van der Waals surface area contributed by atoms with Crippen LogP contribution < -0.4 is 5.32 Å². The number of benzene rings is 1. The Hall–Kier alpha value is -3.11. The van der Waals surface area contributed by atoms with Gasteiger partial charge in [0.05, 0.1) is 9.95 Å². The summed E-state index contributed by atoms with van der Waals surface area (Å²) in [6, 6.07) is 9.32. The first-order valence-corrected chi connectivity index (χ1v) is 9.32. The summed E-state index contributed by atoms with van der Waals surface area (Å²) in [7, 11) is 0. The van der Waals surface area contributed by atoms with Gasteiger partial charge in [-0.05, 0) is 31.0 Å². The fraction of sp³-hybridized carbons (Fsp3) is 0.300. The molecule has 144 valence electrons. The van der Waals surface area contributed by atoms with Crippen LogP contribution in [-0.4, -0.2) is 16.9 Å². The van der Waals surface area contributed by atoms with Gasteiger partial charge < -0.3 is 9.73 Å². The van der Waals surface area contributed by atoms with Crippen molar-refractivity contribution in [3.8, 4) is 17.4 Å². The minimum atomic E-state index is -0.532. The number of carbonyl (C=O) groups is 1. The number of non-ortho nitro benzene ring substituents is 1. The van der Waals surface area contributed by atoms with Gasteiger partial charge in [0.1, 0.15) is 23.2 Å². The van der Waals surface area contributed by atoms with E-state index in [2.05, 4.69) is 5.32 Å². The van der Waals surface area contributed by atoms with Gasteiger partial charge in [0.25, 0.3) is 11.6 Å². The number of nitriles is 1. The van der Waals surface area contributed by atoms with Gasteiger partial charge in [0, 0.05) is 29.8 Å². The molecule has 1 N–H and O–H groups in total. The van der Waals surface area contributed by atoms with E-state index in [9.17, 15) is 20.2 Å². The van der Waals surface area contributed by atoms with E-state index in [0.717, 1.165) is 25.7 Å². The van der Waals surface area contributed by atoms with Crippen LogP contribution >= 0.6 is 11.6 Å². The number of rotatable bonds is 5. The van der Waals surface area contributed by atoms with Crippen LogP contribution in [0.25, 0.3) is 17.4 Å². The number of nitro groups is 1. The first-order valence-electron chi connectivity index (χ1n) is 8.94. The summed E-state index contributed by atoms with van der Waals surface area (Å²) >= 11 is 6.11. The van der Waals surface area contributed by atoms with Crippen molar-refractivity contribution in [3.05, 3.63) is 56.8 Å². The number of nitrogens with zero attached hydrogens (tertiary/aromatic N) is 2. The summed E-state index contributed by atoms with van der Waals surface area (Å²) < 4.78 is 5.66. The molecule has 1 saturated carbocycles. The fourth-order valence-electron chi connectivity index (χ4n) is 3.19. The van der Waals surface area contributed by atoms with E-state index in [1.807, 2.05) is 6.07 Å². The molecule has 0 atom stereocenters. The number of hydrogen-bond donors (Lipinski definition) is 1. The molecule has 1 aromatic carbocycles. The zero-order valence-electron chi connectivity index (χ0n) is 15.0. The van der Waals surface area contributed by atoms with E-state index in [1.54, 1.807) is 12.1 Å². The molecule has 3 rings (SSSR count). The number of furan rings is 1. The number of nitro benzene ring substituents is 1. The summed E-state index contributed by atoms with van der Waals surface area (Å²) in [5, 5.41) is 23.2. The summed E-state index contributed by atoms with van der Waals surface area (Å²) in [6.45, 7) is 0. The van der Waals surface area contributed by atoms with Crippen molar-refractivity contribution < 1.29 is 14.1 Å². The lowest BCUT2D eigenvalue weighted by atomic mass is 9.95. The zero-order chi connectivity index (χ0) is 20.1. The molecule has 0 saturated heterocycles. The van der Waals surface area contributed by atoms with Crippen LogP contribution in [-0.2, 0) is 4.79 Å². The minimum Gasteiger partial charge on any atom is -0.457 e. The second-order valence-corrected chi connectivity index (χ2v) is 7.01. The van der Waals surface area contributed by atoms with Gasteiger partial charge in [-0.25, -0.2) is 0 Å². The standard InChI is InChI=1S/C20H18ClN3O4/c21-18-11-15(24(26)27)6-8-17(18)19-9-7-16(28-19)10-13(12-22)20(25)23-14-4-2-1-3-5-14/h6-11,14H,1-5H2,(H,23,25)/b13-10+. The lowest BCUT2D eigenvalue weighted by Gasteiger charge is -2.22. The molecule has 0 aliphatic heterocycles. The van der Waals surface area contributed by atoms with Gasteiger partial charge in [0.2, 0.25) is 0 Å². The highest BCUT2D eigenvalue weighted by Gasteiger charge is 2.19. The quantitative estimate of drug-likeness (QED) is 0.334. The van der Waals surface area contributed by atoms with E-state index >= 15 is 0 Å². The molecular weight excluding hydrogens is 382 g/mol. The topological polar surface area (TPSA) is 109 Å². The van der Waals surface area contributed by atoms with Crippen molar-refractivity contribution in [2.24, 2.45) is 0 Å². The molecule has 1 fully saturated rings. The van der Waals surface area contributed by atoms with Crippen LogP contribution in [0, 0.1) is 21.4 Å². The van der Waals surface area contributed by atoms with Gasteiger partial charge in [0.15, 0.2) is 0 Å². The monoisotopic (exact) mass is 399 g/mol. The molecule has 1 heterocycles. The Balaban J connectivity index is 1.77. The molecule has 1 aliphatic rings. The predicted octanol–water partition coefficient (Wildman–Crippen LogP) is 4.86. The van der Waals surface area contributed by atoms with Crippen molar-refractivity contribution in [3.63, 3.8) is 0 Å². The van der Waals surface area contributed by atoms with Gasteiger partial charge in [-0.1, -0.05) is 30.9 Å². The van der Waals surface area contributed by atoms with Crippen LogP contribution in [0.2, 0.25) is 5.02 Å². The number of halogens is 1. The third kappa shape index (κ3) is 4.59. The number of hydrogen-bond acceptors (Lipinski definition) is 5. The molecule has 2 aromatic rings. The zero-order valence-corrected chi connectivity index (χ0v) is 15.7. The van der Waals surface area contributed by atoms with Crippen molar-refractivity contribution >= 4 is 29.3 Å². The summed E-state index contributed by atoms with van der Waals surface area (Å²) in [6.07, 6.45) is 6.55. The maximum atomic E-state index is 12.4. The average molecular weight is 400 g/mol. The Labute approximate surface area is 166 Å². The number of carbonyl (C=O) groups excluding carboxylic acids is 1. The van der Waals surface area contributed by atoms with Crippen LogP contribution in [0.15, 0.2) is 40.3 Å². The lowest BCUT2D eigenvalue weighted by Crippen LogP contribution is -2.36. The Morgan fingerprint density at radius 2 is 2.04 bits per heavy atom. The van der Waals surface area contributed by atoms with Crippen molar-refractivity contribution in [1.29, 1.82) is 5.26 Å². The number of amides is 1. The largest absolute Gasteiger partial charge is 0.457 e. The van der Waals surface area contributed by atoms with Crippen LogP contribution in [0.5, 0.6) is 0 Å². The molecule has 0 spiro atoms. The summed E-state index contributed by atoms with van der Waals surface area (Å²) in [4.78, 5) is 22.6.